The monoisotopic (exact) mass is 424 g/mol. The Morgan fingerprint density at radius 3 is 0.619 bits per heavy atom. The van der Waals surface area contributed by atoms with Crippen molar-refractivity contribution in [2.75, 3.05) is 0 Å². The van der Waals surface area contributed by atoms with Crippen LogP contribution in [-0.4, -0.2) is 9.05 Å². The minimum atomic E-state index is -6.99. The molecule has 0 saturated carbocycles. The molecule has 0 aliphatic heterocycles. The summed E-state index contributed by atoms with van der Waals surface area (Å²) in [5.41, 5.74) is 0. The molecule has 0 spiro atoms. The number of hydrogen-bond donors (Lipinski definition) is 0. The van der Waals surface area contributed by atoms with Crippen molar-refractivity contribution in [3.8, 4) is 0 Å². The van der Waals surface area contributed by atoms with E-state index in [1.54, 1.807) is 0 Å². The molecule has 0 atom stereocenters. The van der Waals surface area contributed by atoms with Crippen molar-refractivity contribution in [2.24, 2.45) is 0 Å². The van der Waals surface area contributed by atoms with E-state index < -0.39 is 50.0 Å². The lowest BCUT2D eigenvalue weighted by Crippen LogP contribution is -2.79. The molecule has 0 amide bonds. The van der Waals surface area contributed by atoms with Gasteiger partial charge in [0.05, 0.1) is 41.0 Å². The highest BCUT2D eigenvalue weighted by Gasteiger charge is 3.02. The zero-order valence-corrected chi connectivity index (χ0v) is 12.6. The molecule has 0 aromatic heterocycles. The third-order valence-corrected chi connectivity index (χ3v) is 6.80. The quantitative estimate of drug-likeness (QED) is 0.325. The van der Waals surface area contributed by atoms with E-state index >= 15 is 0 Å². The van der Waals surface area contributed by atoms with Crippen LogP contribution < -0.4 is 55.9 Å². The summed E-state index contributed by atoms with van der Waals surface area (Å²) in [6.07, 6.45) is 0. The highest BCUT2D eigenvalue weighted by Crippen LogP contribution is 2.23. The molecule has 128 valence electrons. The van der Waals surface area contributed by atoms with Gasteiger partial charge in [0.15, 0.2) is 0 Å². The first-order valence-electron chi connectivity index (χ1n) is 3.29. The fraction of sp³-hybridized carbons (Fsp3) is 0. The van der Waals surface area contributed by atoms with Crippen LogP contribution in [0.1, 0.15) is 0 Å². The normalized spacial score (nSPS) is 15.4. The second-order valence-electron chi connectivity index (χ2n) is 2.32. The summed E-state index contributed by atoms with van der Waals surface area (Å²) in [6, 6.07) is 0. The third-order valence-electron chi connectivity index (χ3n) is 0.756. The summed E-state index contributed by atoms with van der Waals surface area (Å²) < 4.78 is 134. The molecule has 21 heavy (non-hydrogen) atoms. The molecule has 16 nitrogen and oxygen atoms in total. The van der Waals surface area contributed by atoms with Crippen molar-refractivity contribution in [1.29, 1.82) is 0 Å². The van der Waals surface area contributed by atoms with Crippen LogP contribution in [0.25, 0.3) is 0 Å². The summed E-state index contributed by atoms with van der Waals surface area (Å²) in [4.78, 5) is 0. The minimum Gasteiger partial charge on any atom is -0.184 e. The lowest BCUT2D eigenvalue weighted by Gasteiger charge is -2.21. The van der Waals surface area contributed by atoms with Crippen LogP contribution in [0.2, 0.25) is 0 Å². The third kappa shape index (κ3) is 11.9. The largest absolute Gasteiger partial charge is 1.33 e. The Morgan fingerprint density at radius 1 is 0.381 bits per heavy atom. The summed E-state index contributed by atoms with van der Waals surface area (Å²) >= 11 is 0. The molecule has 0 heterocycles. The highest BCUT2D eigenvalue weighted by atomic mass is 35.7. The van der Waals surface area contributed by atoms with Crippen molar-refractivity contribution in [3.63, 3.8) is 0 Å². The Bertz CT molecular complexity index is 257. The second kappa shape index (κ2) is 6.69. The van der Waals surface area contributed by atoms with Gasteiger partial charge in [-0.1, -0.05) is 0 Å². The number of hydrogen-bond acceptors (Lipinski definition) is 16. The summed E-state index contributed by atoms with van der Waals surface area (Å²) in [5, 5.41) is 0. The van der Waals surface area contributed by atoms with E-state index in [2.05, 4.69) is 15.9 Å². The van der Waals surface area contributed by atoms with Gasteiger partial charge in [-0.2, -0.15) is 55.9 Å². The zero-order chi connectivity index (χ0) is 17.3. The average molecular weight is 426 g/mol. The fourth-order valence-electron chi connectivity index (χ4n) is 0.534. The van der Waals surface area contributed by atoms with Gasteiger partial charge in [0.1, 0.15) is 15.9 Å². The molecule has 0 saturated heterocycles. The first kappa shape index (κ1) is 21.7. The van der Waals surface area contributed by atoms with Crippen LogP contribution in [0.5, 0.6) is 0 Å². The van der Waals surface area contributed by atoms with Gasteiger partial charge in [-0.15, -0.1) is 0 Å². The van der Waals surface area contributed by atoms with Crippen molar-refractivity contribution in [3.05, 3.63) is 0 Å². The molecular formula is Cl4O16Si. The first-order valence-corrected chi connectivity index (χ1v) is 9.86. The molecule has 0 fully saturated rings. The lowest BCUT2D eigenvalue weighted by molar-refractivity contribution is -1.94. The predicted molar refractivity (Wildman–Crippen MR) is 10.1 cm³/mol. The van der Waals surface area contributed by atoms with Gasteiger partial charge >= 0.3 is 9.05 Å². The van der Waals surface area contributed by atoms with Crippen LogP contribution >= 0.6 is 0 Å². The maximum absolute atomic E-state index is 10.2. The van der Waals surface area contributed by atoms with Gasteiger partial charge in [0.2, 0.25) is 0 Å². The van der Waals surface area contributed by atoms with Crippen LogP contribution in [0.4, 0.5) is 0 Å². The second-order valence-corrected chi connectivity index (χ2v) is 8.81. The maximum atomic E-state index is 10.2. The average Bonchev–Trinajstić information content (AvgIpc) is 1.83. The van der Waals surface area contributed by atoms with Crippen LogP contribution in [0.3, 0.4) is 0 Å². The van der Waals surface area contributed by atoms with E-state index in [-0.39, 0.29) is 0 Å². The van der Waals surface area contributed by atoms with E-state index in [0.29, 0.717) is 0 Å². The molecular weight excluding hydrogens is 426 g/mol. The fourth-order valence-corrected chi connectivity index (χ4v) is 6.09. The van der Waals surface area contributed by atoms with Crippen molar-refractivity contribution < 1.29 is 113 Å². The lowest BCUT2D eigenvalue weighted by atomic mass is 15.6. The number of rotatable bonds is 8. The molecule has 0 unspecified atom stereocenters. The van der Waals surface area contributed by atoms with E-state index in [0.717, 1.165) is 0 Å². The van der Waals surface area contributed by atoms with Gasteiger partial charge in [-0.25, -0.2) is 0 Å². The summed E-state index contributed by atoms with van der Waals surface area (Å²) in [7, 11) is -30.9. The van der Waals surface area contributed by atoms with Gasteiger partial charge in [-0.05, 0) is 0 Å². The Balaban J connectivity index is 5.70. The SMILES string of the molecule is [O-][Cl+3]([O-])([O-])O[Si](O[Cl+3]([O-])([O-])[O-])(O[Cl+3]([O-])([O-])[O-])O[Cl+3]([O-])([O-])[O-]. The van der Waals surface area contributed by atoms with Gasteiger partial charge in [0.25, 0.3) is 0 Å². The molecule has 0 aliphatic carbocycles. The number of halogens is 4. The standard InChI is InChI=1S/Cl4O16Si/c5-1(6,7)17-21(18-2(8,9)10,19-3(11,12)13)20-4(14,15)16. The van der Waals surface area contributed by atoms with Crippen molar-refractivity contribution in [2.45, 2.75) is 0 Å². The Morgan fingerprint density at radius 2 is 0.524 bits per heavy atom. The smallest absolute Gasteiger partial charge is 0.184 e. The molecule has 0 rings (SSSR count). The first-order chi connectivity index (χ1) is 8.83. The van der Waals surface area contributed by atoms with Gasteiger partial charge in [0, 0.05) is 0 Å². The maximum Gasteiger partial charge on any atom is 1.33 e. The van der Waals surface area contributed by atoms with Crippen LogP contribution in [-0.2, 0) is 15.9 Å². The van der Waals surface area contributed by atoms with Gasteiger partial charge < -0.3 is 0 Å². The van der Waals surface area contributed by atoms with E-state index in [1.807, 2.05) is 0 Å². The molecule has 21 heteroatoms. The van der Waals surface area contributed by atoms with Gasteiger partial charge in [-0.3, -0.25) is 0 Å². The van der Waals surface area contributed by atoms with Crippen molar-refractivity contribution >= 4 is 9.05 Å². The van der Waals surface area contributed by atoms with Crippen LogP contribution in [0, 0.1) is 41.0 Å². The Hall–Kier alpha value is 0.737. The van der Waals surface area contributed by atoms with Crippen molar-refractivity contribution in [1.82, 2.24) is 0 Å². The van der Waals surface area contributed by atoms with E-state index in [4.69, 9.17) is 0 Å². The predicted octanol–water partition coefficient (Wildman–Crippen LogP) is -14.9. The summed E-state index contributed by atoms with van der Waals surface area (Å²) in [5.74, 6) is 0. The molecule has 0 aliphatic rings. The topological polar surface area (TPSA) is 314 Å². The molecule has 0 bridgehead atoms. The molecule has 0 radical (unpaired) electrons. The zero-order valence-electron chi connectivity index (χ0n) is 8.54. The summed E-state index contributed by atoms with van der Waals surface area (Å²) in [6.45, 7) is 0. The Labute approximate surface area is 122 Å². The molecule has 0 aromatic rings. The molecule has 0 N–H and O–H groups in total. The Kier molecular flexibility index (Phi) is 6.93. The van der Waals surface area contributed by atoms with E-state index in [9.17, 15) is 55.9 Å². The van der Waals surface area contributed by atoms with E-state index in [1.165, 1.54) is 0 Å². The highest BCUT2D eigenvalue weighted by molar-refractivity contribution is 6.51. The molecule has 0 aromatic carbocycles. The minimum absolute atomic E-state index is 2.86. The van der Waals surface area contributed by atoms with Crippen LogP contribution in [0.15, 0.2) is 0 Å².